The molecule has 4 atom stereocenters. The number of aldehydes is 1. The van der Waals surface area contributed by atoms with Crippen molar-refractivity contribution in [2.45, 2.75) is 45.0 Å². The highest BCUT2D eigenvalue weighted by atomic mass is 16.6. The van der Waals surface area contributed by atoms with Gasteiger partial charge in [0.2, 0.25) is 0 Å². The maximum absolute atomic E-state index is 12.1. The molecule has 1 heterocycles. The summed E-state index contributed by atoms with van der Waals surface area (Å²) in [6.07, 6.45) is 1.00. The molecular weight excluding hydrogens is 340 g/mol. The summed E-state index contributed by atoms with van der Waals surface area (Å²) in [7, 11) is 0. The fraction of sp³-hybridized carbons (Fsp3) is 0.526. The molecule has 7 heteroatoms. The lowest BCUT2D eigenvalue weighted by molar-refractivity contribution is -0.162. The number of hydrogen-bond donors (Lipinski definition) is 2. The Kier molecular flexibility index (Phi) is 6.50. The number of fused-ring (bicyclic) bond motifs is 1. The predicted octanol–water partition coefficient (Wildman–Crippen LogP) is 0.851. The molecule has 1 aliphatic heterocycles. The summed E-state index contributed by atoms with van der Waals surface area (Å²) in [6, 6.07) is 0. The predicted molar refractivity (Wildman–Crippen MR) is 91.8 cm³/mol. The molecule has 2 rings (SSSR count). The number of esters is 2. The van der Waals surface area contributed by atoms with E-state index in [2.05, 4.69) is 6.58 Å². The first-order valence-electron chi connectivity index (χ1n) is 8.54. The number of ether oxygens (including phenoxy) is 2. The Labute approximate surface area is 152 Å². The quantitative estimate of drug-likeness (QED) is 0.329. The van der Waals surface area contributed by atoms with Crippen LogP contribution < -0.4 is 0 Å². The second kappa shape index (κ2) is 8.42. The maximum Gasteiger partial charge on any atom is 0.334 e. The van der Waals surface area contributed by atoms with Crippen LogP contribution in [-0.4, -0.2) is 53.4 Å². The van der Waals surface area contributed by atoms with Crippen molar-refractivity contribution in [1.29, 1.82) is 0 Å². The van der Waals surface area contributed by atoms with Gasteiger partial charge in [-0.1, -0.05) is 26.5 Å². The van der Waals surface area contributed by atoms with Crippen LogP contribution >= 0.6 is 0 Å². The van der Waals surface area contributed by atoms with Crippen LogP contribution in [0.5, 0.6) is 0 Å². The first kappa shape index (κ1) is 20.1. The molecule has 1 fully saturated rings. The van der Waals surface area contributed by atoms with Gasteiger partial charge in [0.15, 0.2) is 0 Å². The highest BCUT2D eigenvalue weighted by Crippen LogP contribution is 2.36. The number of aliphatic hydroxyl groups is 2. The molecule has 142 valence electrons. The summed E-state index contributed by atoms with van der Waals surface area (Å²) >= 11 is 0. The molecule has 26 heavy (non-hydrogen) atoms. The van der Waals surface area contributed by atoms with Gasteiger partial charge in [0.25, 0.3) is 0 Å². The van der Waals surface area contributed by atoms with E-state index in [9.17, 15) is 24.6 Å². The van der Waals surface area contributed by atoms with E-state index in [1.54, 1.807) is 19.9 Å². The van der Waals surface area contributed by atoms with Crippen molar-refractivity contribution < 1.29 is 34.1 Å². The number of carbonyl (C=O) groups is 3. The van der Waals surface area contributed by atoms with E-state index >= 15 is 0 Å². The fourth-order valence-corrected chi connectivity index (χ4v) is 3.03. The Morgan fingerprint density at radius 1 is 1.50 bits per heavy atom. The molecule has 0 bridgehead atoms. The van der Waals surface area contributed by atoms with Crippen LogP contribution in [0.25, 0.3) is 0 Å². The van der Waals surface area contributed by atoms with Gasteiger partial charge in [0.05, 0.1) is 18.4 Å². The summed E-state index contributed by atoms with van der Waals surface area (Å²) in [5.74, 6) is -2.56. The summed E-state index contributed by atoms with van der Waals surface area (Å²) in [4.78, 5) is 35.6. The molecule has 7 nitrogen and oxygen atoms in total. The minimum absolute atomic E-state index is 0.0509. The third-order valence-electron chi connectivity index (χ3n) is 4.58. The first-order valence-corrected chi connectivity index (χ1v) is 8.54. The largest absolute Gasteiger partial charge is 0.458 e. The maximum atomic E-state index is 12.1. The minimum Gasteiger partial charge on any atom is -0.458 e. The third-order valence-corrected chi connectivity index (χ3v) is 4.58. The third kappa shape index (κ3) is 4.11. The number of allylic oxidation sites excluding steroid dienone is 1. The lowest BCUT2D eigenvalue weighted by Gasteiger charge is -2.31. The van der Waals surface area contributed by atoms with Gasteiger partial charge < -0.3 is 19.7 Å². The Hall–Kier alpha value is -2.25. The van der Waals surface area contributed by atoms with E-state index in [1.807, 2.05) is 0 Å². The van der Waals surface area contributed by atoms with Crippen LogP contribution in [0.4, 0.5) is 0 Å². The fourth-order valence-electron chi connectivity index (χ4n) is 3.03. The molecule has 2 N–H and O–H groups in total. The van der Waals surface area contributed by atoms with E-state index in [1.165, 1.54) is 6.08 Å². The molecule has 4 unspecified atom stereocenters. The summed E-state index contributed by atoms with van der Waals surface area (Å²) in [5.41, 5.74) is 0.723. The molecule has 0 aromatic rings. The van der Waals surface area contributed by atoms with Gasteiger partial charge in [0, 0.05) is 11.1 Å². The lowest BCUT2D eigenvalue weighted by Crippen LogP contribution is -2.43. The number of hydrogen-bond acceptors (Lipinski definition) is 7. The van der Waals surface area contributed by atoms with E-state index < -0.39 is 42.1 Å². The van der Waals surface area contributed by atoms with Gasteiger partial charge in [0.1, 0.15) is 24.6 Å². The zero-order valence-corrected chi connectivity index (χ0v) is 14.9. The van der Waals surface area contributed by atoms with Crippen LogP contribution in [0.15, 0.2) is 35.5 Å². The highest BCUT2D eigenvalue weighted by Gasteiger charge is 2.48. The number of rotatable bonds is 4. The van der Waals surface area contributed by atoms with E-state index in [-0.39, 0.29) is 17.8 Å². The molecule has 0 saturated carbocycles. The van der Waals surface area contributed by atoms with E-state index in [4.69, 9.17) is 9.47 Å². The van der Waals surface area contributed by atoms with E-state index in [0.29, 0.717) is 24.7 Å². The standard InChI is InChI=1S/C19H24O7/c1-10(2)18(23)26-17-15-11(3)19(24)25-14(15)7-12(8-20)5-4-6-13(9-21)16(17)22/h6-7,9-10,14-17,20,22H,3-5,8H2,1-2H3. The lowest BCUT2D eigenvalue weighted by atomic mass is 9.83. The molecular formula is C19H24O7. The van der Waals surface area contributed by atoms with Gasteiger partial charge in [-0.3, -0.25) is 9.59 Å². The van der Waals surface area contributed by atoms with Gasteiger partial charge in [-0.05, 0) is 24.5 Å². The van der Waals surface area contributed by atoms with Crippen LogP contribution in [0.3, 0.4) is 0 Å². The highest BCUT2D eigenvalue weighted by molar-refractivity contribution is 5.91. The molecule has 0 radical (unpaired) electrons. The second-order valence-electron chi connectivity index (χ2n) is 6.77. The van der Waals surface area contributed by atoms with E-state index in [0.717, 1.165) is 0 Å². The van der Waals surface area contributed by atoms with Crippen LogP contribution in [0.1, 0.15) is 26.7 Å². The SMILES string of the molecule is C=C1C(=O)OC2C=C(CO)CCC=C(C=O)C(O)C(OC(=O)C(C)C)C12. The molecule has 0 amide bonds. The minimum atomic E-state index is -1.42. The smallest absolute Gasteiger partial charge is 0.334 e. The molecule has 1 saturated heterocycles. The summed E-state index contributed by atoms with van der Waals surface area (Å²) in [6.45, 7) is 6.74. The van der Waals surface area contributed by atoms with Crippen molar-refractivity contribution >= 4 is 18.2 Å². The molecule has 0 spiro atoms. The first-order chi connectivity index (χ1) is 12.3. The zero-order valence-electron chi connectivity index (χ0n) is 14.9. The molecule has 0 aromatic carbocycles. The molecule has 0 aromatic heterocycles. The van der Waals surface area contributed by atoms with Crippen molar-refractivity contribution in [2.75, 3.05) is 6.61 Å². The summed E-state index contributed by atoms with van der Waals surface area (Å²) in [5, 5.41) is 20.2. The molecule has 2 aliphatic rings. The Bertz CT molecular complexity index is 659. The monoisotopic (exact) mass is 364 g/mol. The average molecular weight is 364 g/mol. The van der Waals surface area contributed by atoms with Crippen molar-refractivity contribution in [3.63, 3.8) is 0 Å². The zero-order chi connectivity index (χ0) is 19.4. The van der Waals surface area contributed by atoms with Crippen LogP contribution in [0, 0.1) is 11.8 Å². The Morgan fingerprint density at radius 3 is 2.77 bits per heavy atom. The van der Waals surface area contributed by atoms with Crippen LogP contribution in [0.2, 0.25) is 0 Å². The van der Waals surface area contributed by atoms with Gasteiger partial charge >= 0.3 is 11.9 Å². The van der Waals surface area contributed by atoms with Gasteiger partial charge in [-0.15, -0.1) is 0 Å². The van der Waals surface area contributed by atoms with Crippen molar-refractivity contribution in [2.24, 2.45) is 11.8 Å². The van der Waals surface area contributed by atoms with Crippen molar-refractivity contribution in [1.82, 2.24) is 0 Å². The molecule has 1 aliphatic carbocycles. The van der Waals surface area contributed by atoms with Gasteiger partial charge in [-0.25, -0.2) is 4.79 Å². The number of carbonyl (C=O) groups excluding carboxylic acids is 3. The number of aliphatic hydroxyl groups excluding tert-OH is 2. The second-order valence-corrected chi connectivity index (χ2v) is 6.77. The van der Waals surface area contributed by atoms with Crippen LogP contribution in [-0.2, 0) is 23.9 Å². The Balaban J connectivity index is 2.52. The van der Waals surface area contributed by atoms with Crippen molar-refractivity contribution in [3.8, 4) is 0 Å². The van der Waals surface area contributed by atoms with Crippen molar-refractivity contribution in [3.05, 3.63) is 35.5 Å². The average Bonchev–Trinajstić information content (AvgIpc) is 2.88. The Morgan fingerprint density at radius 2 is 2.19 bits per heavy atom. The summed E-state index contributed by atoms with van der Waals surface area (Å²) < 4.78 is 10.8. The topological polar surface area (TPSA) is 110 Å². The van der Waals surface area contributed by atoms with Gasteiger partial charge in [-0.2, -0.15) is 0 Å². The normalized spacial score (nSPS) is 29.4.